The van der Waals surface area contributed by atoms with Crippen molar-refractivity contribution >= 4 is 17.8 Å². The third kappa shape index (κ3) is 4.52. The molecule has 0 aliphatic carbocycles. The van der Waals surface area contributed by atoms with Crippen LogP contribution in [0.3, 0.4) is 0 Å². The Balaban J connectivity index is 1.36. The number of benzene rings is 1. The van der Waals surface area contributed by atoms with Gasteiger partial charge in [0.2, 0.25) is 11.9 Å². The van der Waals surface area contributed by atoms with E-state index < -0.39 is 5.97 Å². The second kappa shape index (κ2) is 8.54. The van der Waals surface area contributed by atoms with Crippen molar-refractivity contribution in [3.8, 4) is 11.3 Å². The molecule has 4 rings (SSSR count). The maximum Gasteiger partial charge on any atom is 0.303 e. The molecule has 2 aliphatic rings. The quantitative estimate of drug-likeness (QED) is 0.633. The average molecular weight is 398 g/mol. The Morgan fingerprint density at radius 3 is 2.52 bits per heavy atom. The molecule has 0 spiro atoms. The first-order valence-corrected chi connectivity index (χ1v) is 9.49. The number of anilines is 1. The fourth-order valence-corrected chi connectivity index (χ4v) is 3.61. The smallest absolute Gasteiger partial charge is 0.303 e. The van der Waals surface area contributed by atoms with E-state index in [2.05, 4.69) is 20.6 Å². The van der Waals surface area contributed by atoms with E-state index in [0.29, 0.717) is 19.2 Å². The van der Waals surface area contributed by atoms with Crippen LogP contribution >= 0.6 is 0 Å². The highest BCUT2D eigenvalue weighted by Crippen LogP contribution is 2.29. The first-order valence-electron chi connectivity index (χ1n) is 9.49. The van der Waals surface area contributed by atoms with E-state index in [1.807, 2.05) is 36.4 Å². The van der Waals surface area contributed by atoms with Crippen LogP contribution in [0.4, 0.5) is 5.95 Å². The van der Waals surface area contributed by atoms with Crippen LogP contribution in [0.5, 0.6) is 0 Å². The van der Waals surface area contributed by atoms with Crippen LogP contribution in [-0.2, 0) is 19.1 Å². The van der Waals surface area contributed by atoms with E-state index in [1.165, 1.54) is 0 Å². The molecule has 9 nitrogen and oxygen atoms in total. The molecule has 0 saturated carbocycles. The zero-order chi connectivity index (χ0) is 20.2. The van der Waals surface area contributed by atoms with Crippen molar-refractivity contribution in [3.63, 3.8) is 0 Å². The van der Waals surface area contributed by atoms with Crippen molar-refractivity contribution in [2.75, 3.05) is 18.5 Å². The van der Waals surface area contributed by atoms with E-state index in [1.54, 1.807) is 6.20 Å². The topological polar surface area (TPSA) is 123 Å². The van der Waals surface area contributed by atoms with Gasteiger partial charge in [0, 0.05) is 18.2 Å². The summed E-state index contributed by atoms with van der Waals surface area (Å²) in [5.74, 6) is -0.835. The molecular formula is C20H22N4O5. The normalized spacial score (nSPS) is 25.4. The molecule has 152 valence electrons. The van der Waals surface area contributed by atoms with Gasteiger partial charge < -0.3 is 25.2 Å². The summed E-state index contributed by atoms with van der Waals surface area (Å²) in [4.78, 5) is 31.4. The Kier molecular flexibility index (Phi) is 5.68. The van der Waals surface area contributed by atoms with Crippen LogP contribution < -0.4 is 10.6 Å². The molecule has 2 aromatic rings. The monoisotopic (exact) mass is 398 g/mol. The highest BCUT2D eigenvalue weighted by Gasteiger charge is 2.48. The molecule has 1 aromatic carbocycles. The predicted molar refractivity (Wildman–Crippen MR) is 103 cm³/mol. The van der Waals surface area contributed by atoms with Gasteiger partial charge in [-0.2, -0.15) is 0 Å². The summed E-state index contributed by atoms with van der Waals surface area (Å²) in [6.45, 7) is 0.715. The van der Waals surface area contributed by atoms with Crippen molar-refractivity contribution in [2.24, 2.45) is 0 Å². The molecule has 2 fully saturated rings. The lowest BCUT2D eigenvalue weighted by Crippen LogP contribution is -2.44. The van der Waals surface area contributed by atoms with Crippen LogP contribution in [0.15, 0.2) is 42.6 Å². The number of carbonyl (C=O) groups excluding carboxylic acids is 1. The van der Waals surface area contributed by atoms with Gasteiger partial charge in [0.05, 0.1) is 37.4 Å². The van der Waals surface area contributed by atoms with Gasteiger partial charge in [-0.3, -0.25) is 9.59 Å². The van der Waals surface area contributed by atoms with Gasteiger partial charge in [-0.05, 0) is 6.07 Å². The fourth-order valence-electron chi connectivity index (χ4n) is 3.61. The van der Waals surface area contributed by atoms with Crippen LogP contribution in [0.2, 0.25) is 0 Å². The van der Waals surface area contributed by atoms with Crippen molar-refractivity contribution in [1.82, 2.24) is 15.3 Å². The summed E-state index contributed by atoms with van der Waals surface area (Å²) in [7, 11) is 0. The van der Waals surface area contributed by atoms with Crippen LogP contribution in [0.1, 0.15) is 12.8 Å². The molecule has 0 bridgehead atoms. The second-order valence-electron chi connectivity index (χ2n) is 7.05. The molecule has 3 heterocycles. The minimum absolute atomic E-state index is 0.0645. The third-order valence-electron chi connectivity index (χ3n) is 5.01. The summed E-state index contributed by atoms with van der Waals surface area (Å²) in [5.41, 5.74) is 1.81. The molecule has 4 atom stereocenters. The summed E-state index contributed by atoms with van der Waals surface area (Å²) in [5, 5.41) is 14.8. The number of aromatic nitrogens is 2. The average Bonchev–Trinajstić information content (AvgIpc) is 3.31. The van der Waals surface area contributed by atoms with Gasteiger partial charge in [-0.1, -0.05) is 30.3 Å². The molecule has 1 aromatic heterocycles. The maximum atomic E-state index is 11.9. The van der Waals surface area contributed by atoms with Crippen molar-refractivity contribution in [1.29, 1.82) is 0 Å². The number of amides is 1. The second-order valence-corrected chi connectivity index (χ2v) is 7.05. The number of carboxylic acids is 1. The van der Waals surface area contributed by atoms with Crippen LogP contribution in [0.25, 0.3) is 11.3 Å². The molecule has 2 aliphatic heterocycles. The zero-order valence-corrected chi connectivity index (χ0v) is 15.7. The number of rotatable bonds is 7. The lowest BCUT2D eigenvalue weighted by atomic mass is 10.1. The summed E-state index contributed by atoms with van der Waals surface area (Å²) >= 11 is 0. The van der Waals surface area contributed by atoms with Crippen LogP contribution in [0, 0.1) is 0 Å². The summed E-state index contributed by atoms with van der Waals surface area (Å²) < 4.78 is 11.7. The number of carboxylic acid groups (broad SMARTS) is 1. The number of nitrogens with zero attached hydrogens (tertiary/aromatic N) is 2. The third-order valence-corrected chi connectivity index (χ3v) is 5.01. The van der Waals surface area contributed by atoms with E-state index in [4.69, 9.17) is 14.6 Å². The van der Waals surface area contributed by atoms with Gasteiger partial charge in [0.25, 0.3) is 0 Å². The Bertz CT molecular complexity index is 878. The van der Waals surface area contributed by atoms with Gasteiger partial charge in [-0.25, -0.2) is 9.97 Å². The number of fused-ring (bicyclic) bond motifs is 1. The maximum absolute atomic E-state index is 11.9. The van der Waals surface area contributed by atoms with E-state index >= 15 is 0 Å². The number of ether oxygens (including phenoxy) is 2. The molecule has 0 radical (unpaired) electrons. The largest absolute Gasteiger partial charge is 0.481 e. The highest BCUT2D eigenvalue weighted by molar-refractivity contribution is 5.80. The molecule has 3 N–H and O–H groups in total. The van der Waals surface area contributed by atoms with E-state index in [-0.39, 0.29) is 43.0 Å². The summed E-state index contributed by atoms with van der Waals surface area (Å²) in [6.07, 6.45) is 0.896. The molecule has 29 heavy (non-hydrogen) atoms. The van der Waals surface area contributed by atoms with Crippen molar-refractivity contribution in [3.05, 3.63) is 42.6 Å². The molecule has 0 unspecified atom stereocenters. The Hall–Kier alpha value is -3.04. The number of carbonyl (C=O) groups is 2. The Morgan fingerprint density at radius 2 is 1.76 bits per heavy atom. The van der Waals surface area contributed by atoms with Gasteiger partial charge in [-0.15, -0.1) is 0 Å². The molecule has 1 amide bonds. The predicted octanol–water partition coefficient (Wildman–Crippen LogP) is 1.07. The van der Waals surface area contributed by atoms with Gasteiger partial charge in [0.15, 0.2) is 0 Å². The number of nitrogens with one attached hydrogen (secondary N) is 2. The molecule has 2 saturated heterocycles. The zero-order valence-electron chi connectivity index (χ0n) is 15.7. The highest BCUT2D eigenvalue weighted by atomic mass is 16.6. The Morgan fingerprint density at radius 1 is 1.03 bits per heavy atom. The first kappa shape index (κ1) is 19.3. The number of aliphatic carboxylic acids is 1. The van der Waals surface area contributed by atoms with E-state index in [9.17, 15) is 9.59 Å². The van der Waals surface area contributed by atoms with Gasteiger partial charge >= 0.3 is 5.97 Å². The van der Waals surface area contributed by atoms with Crippen molar-refractivity contribution < 1.29 is 24.2 Å². The standard InChI is InChI=1S/C20H22N4O5/c25-16(6-7-17(26)27)22-14-10-28-19-15(11-29-18(14)19)24-20-21-9-8-13(23-20)12-4-2-1-3-5-12/h1-5,8-9,14-15,18-19H,6-7,10-11H2,(H,22,25)(H,26,27)(H,21,23,24)/t14-,15+,18-,19+/m0/s1. The van der Waals surface area contributed by atoms with E-state index in [0.717, 1.165) is 11.3 Å². The number of hydrogen-bond acceptors (Lipinski definition) is 7. The first-order chi connectivity index (χ1) is 14.1. The van der Waals surface area contributed by atoms with Crippen LogP contribution in [-0.4, -0.2) is 64.5 Å². The molecular weight excluding hydrogens is 376 g/mol. The van der Waals surface area contributed by atoms with Crippen molar-refractivity contribution in [2.45, 2.75) is 37.1 Å². The Labute approximate surface area is 167 Å². The van der Waals surface area contributed by atoms with Gasteiger partial charge in [0.1, 0.15) is 12.2 Å². The fraction of sp³-hybridized carbons (Fsp3) is 0.400. The number of hydrogen-bond donors (Lipinski definition) is 3. The molecule has 9 heteroatoms. The SMILES string of the molecule is O=C(O)CCC(=O)N[C@H]1CO[C@H]2[C@H]1OC[C@H]2Nc1nccc(-c2ccccc2)n1. The lowest BCUT2D eigenvalue weighted by molar-refractivity contribution is -0.139. The minimum Gasteiger partial charge on any atom is -0.481 e. The minimum atomic E-state index is -1.00. The lowest BCUT2D eigenvalue weighted by Gasteiger charge is -2.18. The summed E-state index contributed by atoms with van der Waals surface area (Å²) in [6, 6.07) is 11.2.